The van der Waals surface area contributed by atoms with Gasteiger partial charge in [0.1, 0.15) is 11.6 Å². The fourth-order valence-corrected chi connectivity index (χ4v) is 4.47. The topological polar surface area (TPSA) is 82.3 Å². The molecule has 0 radical (unpaired) electrons. The van der Waals surface area contributed by atoms with Gasteiger partial charge in [-0.3, -0.25) is 18.7 Å². The lowest BCUT2D eigenvalue weighted by Crippen LogP contribution is -2.42. The number of Topliss-reactive ketones (excluding diaryl/α,β-unsaturated/α-hetero) is 1. The molecule has 7 nitrogen and oxygen atoms in total. The third-order valence-electron chi connectivity index (χ3n) is 5.93. The predicted octanol–water partition coefficient (Wildman–Crippen LogP) is 2.26. The summed E-state index contributed by atoms with van der Waals surface area (Å²) in [5.41, 5.74) is 2.63. The number of para-hydroxylation sites is 1. The molecule has 0 fully saturated rings. The monoisotopic (exact) mass is 401 g/mol. The average Bonchev–Trinajstić information content (AvgIpc) is 3.07. The van der Waals surface area contributed by atoms with Crippen molar-refractivity contribution in [3.8, 4) is 5.75 Å². The van der Waals surface area contributed by atoms with Crippen LogP contribution >= 0.6 is 0 Å². The normalized spacial score (nSPS) is 16.6. The average molecular weight is 401 g/mol. The van der Waals surface area contributed by atoms with Gasteiger partial charge < -0.3 is 10.1 Å². The molecule has 0 amide bonds. The lowest BCUT2D eigenvalue weighted by Gasteiger charge is -2.30. The fraction of sp³-hybridized carbons (Fsp3) is 0.174. The van der Waals surface area contributed by atoms with Gasteiger partial charge >= 0.3 is 5.69 Å². The van der Waals surface area contributed by atoms with E-state index in [9.17, 15) is 14.4 Å². The van der Waals surface area contributed by atoms with E-state index in [1.165, 1.54) is 11.6 Å². The number of carbonyl (C=O) groups excluding carboxylic acids is 1. The minimum Gasteiger partial charge on any atom is -0.496 e. The highest BCUT2D eigenvalue weighted by atomic mass is 16.5. The fourth-order valence-electron chi connectivity index (χ4n) is 4.47. The molecule has 1 aliphatic heterocycles. The van der Waals surface area contributed by atoms with Crippen LogP contribution in [0.1, 0.15) is 33.0 Å². The molecule has 7 heteroatoms. The maximum Gasteiger partial charge on any atom is 0.332 e. The third kappa shape index (κ3) is 2.23. The molecular formula is C23H19N3O4. The Hall–Kier alpha value is -3.87. The lowest BCUT2D eigenvalue weighted by atomic mass is 9.81. The Morgan fingerprint density at radius 2 is 1.57 bits per heavy atom. The van der Waals surface area contributed by atoms with Crippen LogP contribution in [0.25, 0.3) is 5.70 Å². The Labute approximate surface area is 171 Å². The quantitative estimate of drug-likeness (QED) is 0.712. The van der Waals surface area contributed by atoms with Crippen molar-refractivity contribution in [1.29, 1.82) is 0 Å². The summed E-state index contributed by atoms with van der Waals surface area (Å²) in [7, 11) is 4.61. The summed E-state index contributed by atoms with van der Waals surface area (Å²) in [6.45, 7) is 0. The molecule has 150 valence electrons. The number of nitrogens with zero attached hydrogens (tertiary/aromatic N) is 2. The van der Waals surface area contributed by atoms with Crippen LogP contribution in [0.4, 0.5) is 5.82 Å². The number of rotatable bonds is 2. The number of hydrogen-bond acceptors (Lipinski definition) is 5. The SMILES string of the molecule is COc1ccccc1[C@@H]1C2=C(Nc3c1c(=O)n(C)c(=O)n3C)c1ccccc1C2=O. The molecule has 2 heterocycles. The van der Waals surface area contributed by atoms with Crippen molar-refractivity contribution < 1.29 is 9.53 Å². The molecule has 1 atom stereocenters. The van der Waals surface area contributed by atoms with Crippen LogP contribution in [0.3, 0.4) is 0 Å². The van der Waals surface area contributed by atoms with Gasteiger partial charge in [0, 0.05) is 36.4 Å². The second kappa shape index (κ2) is 6.32. The summed E-state index contributed by atoms with van der Waals surface area (Å²) in [6, 6.07) is 14.7. The first-order chi connectivity index (χ1) is 14.5. The van der Waals surface area contributed by atoms with Gasteiger partial charge in [0.2, 0.25) is 0 Å². The first-order valence-corrected chi connectivity index (χ1v) is 9.53. The lowest BCUT2D eigenvalue weighted by molar-refractivity contribution is 0.103. The highest BCUT2D eigenvalue weighted by Crippen LogP contribution is 2.49. The highest BCUT2D eigenvalue weighted by Gasteiger charge is 2.43. The number of anilines is 1. The maximum absolute atomic E-state index is 13.5. The predicted molar refractivity (Wildman–Crippen MR) is 113 cm³/mol. The summed E-state index contributed by atoms with van der Waals surface area (Å²) in [4.78, 5) is 39.3. The smallest absolute Gasteiger partial charge is 0.332 e. The van der Waals surface area contributed by atoms with Gasteiger partial charge in [-0.25, -0.2) is 4.79 Å². The largest absolute Gasteiger partial charge is 0.496 e. The maximum atomic E-state index is 13.5. The van der Waals surface area contributed by atoms with Crippen LogP contribution in [0.15, 0.2) is 63.7 Å². The van der Waals surface area contributed by atoms with E-state index in [4.69, 9.17) is 4.74 Å². The number of hydrogen-bond donors (Lipinski definition) is 1. The van der Waals surface area contributed by atoms with Crippen molar-refractivity contribution in [1.82, 2.24) is 9.13 Å². The number of methoxy groups -OCH3 is 1. The number of carbonyl (C=O) groups is 1. The minimum atomic E-state index is -0.669. The first kappa shape index (κ1) is 18.2. The van der Waals surface area contributed by atoms with Gasteiger partial charge in [-0.15, -0.1) is 0 Å². The number of nitrogens with one attached hydrogen (secondary N) is 1. The van der Waals surface area contributed by atoms with E-state index in [0.29, 0.717) is 39.5 Å². The van der Waals surface area contributed by atoms with Gasteiger partial charge in [-0.05, 0) is 6.07 Å². The van der Waals surface area contributed by atoms with Gasteiger partial charge in [0.15, 0.2) is 5.78 Å². The van der Waals surface area contributed by atoms with Crippen molar-refractivity contribution in [3.05, 3.63) is 97.2 Å². The van der Waals surface area contributed by atoms with Crippen LogP contribution in [0.5, 0.6) is 5.75 Å². The first-order valence-electron chi connectivity index (χ1n) is 9.53. The third-order valence-corrected chi connectivity index (χ3v) is 5.93. The molecular weight excluding hydrogens is 382 g/mol. The summed E-state index contributed by atoms with van der Waals surface area (Å²) in [5.74, 6) is 0.160. The molecule has 3 aromatic rings. The van der Waals surface area contributed by atoms with E-state index in [-0.39, 0.29) is 5.78 Å². The van der Waals surface area contributed by atoms with Crippen molar-refractivity contribution in [2.75, 3.05) is 12.4 Å². The second-order valence-electron chi connectivity index (χ2n) is 7.43. The van der Waals surface area contributed by atoms with E-state index in [1.54, 1.807) is 26.3 Å². The second-order valence-corrected chi connectivity index (χ2v) is 7.43. The Morgan fingerprint density at radius 3 is 2.30 bits per heavy atom. The summed E-state index contributed by atoms with van der Waals surface area (Å²) < 4.78 is 8.05. The summed E-state index contributed by atoms with van der Waals surface area (Å²) in [5, 5.41) is 3.23. The van der Waals surface area contributed by atoms with Gasteiger partial charge in [-0.1, -0.05) is 42.5 Å². The molecule has 30 heavy (non-hydrogen) atoms. The van der Waals surface area contributed by atoms with Crippen LogP contribution in [0.2, 0.25) is 0 Å². The Bertz CT molecular complexity index is 1390. The Kier molecular flexibility index (Phi) is 3.83. The zero-order valence-corrected chi connectivity index (χ0v) is 16.7. The molecule has 0 spiro atoms. The van der Waals surface area contributed by atoms with Crippen LogP contribution < -0.4 is 21.3 Å². The standard InChI is InChI=1S/C23H19N3O4/c1-25-21-18(22(28)26(2)23(25)29)16(14-10-6-7-11-15(14)30-3)17-19(24-21)12-8-4-5-9-13(12)20(17)27/h4-11,16,24H,1-3H3/t16-/m1/s1. The summed E-state index contributed by atoms with van der Waals surface area (Å²) >= 11 is 0. The number of ketones is 1. The van der Waals surface area contributed by atoms with E-state index < -0.39 is 17.2 Å². The molecule has 0 unspecified atom stereocenters. The highest BCUT2D eigenvalue weighted by molar-refractivity contribution is 6.23. The Balaban J connectivity index is 1.92. The van der Waals surface area contributed by atoms with Crippen LogP contribution in [-0.4, -0.2) is 22.0 Å². The minimum absolute atomic E-state index is 0.134. The molecule has 1 aliphatic carbocycles. The van der Waals surface area contributed by atoms with Crippen molar-refractivity contribution in [3.63, 3.8) is 0 Å². The van der Waals surface area contributed by atoms with Gasteiger partial charge in [-0.2, -0.15) is 0 Å². The number of fused-ring (bicyclic) bond motifs is 3. The van der Waals surface area contributed by atoms with Crippen molar-refractivity contribution >= 4 is 17.3 Å². The van der Waals surface area contributed by atoms with Gasteiger partial charge in [0.25, 0.3) is 5.56 Å². The van der Waals surface area contributed by atoms with Crippen LogP contribution in [-0.2, 0) is 14.1 Å². The molecule has 0 bridgehead atoms. The van der Waals surface area contributed by atoms with Crippen molar-refractivity contribution in [2.45, 2.75) is 5.92 Å². The molecule has 2 aliphatic rings. The summed E-state index contributed by atoms with van der Waals surface area (Å²) in [6.07, 6.45) is 0. The van der Waals surface area contributed by atoms with E-state index in [2.05, 4.69) is 5.32 Å². The number of aromatic nitrogens is 2. The van der Waals surface area contributed by atoms with Crippen molar-refractivity contribution in [2.24, 2.45) is 14.1 Å². The molecule has 5 rings (SSSR count). The van der Waals surface area contributed by atoms with Gasteiger partial charge in [0.05, 0.1) is 24.3 Å². The molecule has 2 aromatic carbocycles. The zero-order valence-electron chi connectivity index (χ0n) is 16.7. The zero-order chi connectivity index (χ0) is 21.2. The van der Waals surface area contributed by atoms with E-state index in [1.807, 2.05) is 36.4 Å². The van der Waals surface area contributed by atoms with E-state index >= 15 is 0 Å². The van der Waals surface area contributed by atoms with Crippen LogP contribution in [0, 0.1) is 0 Å². The molecule has 0 saturated carbocycles. The molecule has 1 aromatic heterocycles. The van der Waals surface area contributed by atoms with E-state index in [0.717, 1.165) is 10.1 Å². The number of ether oxygens (including phenoxy) is 1. The molecule has 1 N–H and O–H groups in total. The number of allylic oxidation sites excluding steroid dienone is 1. The Morgan fingerprint density at radius 1 is 0.900 bits per heavy atom. The number of benzene rings is 2. The molecule has 0 saturated heterocycles.